The lowest BCUT2D eigenvalue weighted by molar-refractivity contribution is 0.0710. The van der Waals surface area contributed by atoms with Crippen LogP contribution in [0.15, 0.2) is 16.9 Å². The van der Waals surface area contributed by atoms with Gasteiger partial charge in [-0.25, -0.2) is 9.50 Å². The molecular weight excluding hydrogens is 326 g/mol. The molecule has 3 rings (SSSR count). The van der Waals surface area contributed by atoms with Gasteiger partial charge in [0, 0.05) is 12.4 Å². The first-order valence-electron chi connectivity index (χ1n) is 6.50. The monoisotopic (exact) mass is 339 g/mol. The highest BCUT2D eigenvalue weighted by atomic mass is 79.9. The number of amides is 1. The molecule has 0 bridgehead atoms. The molecule has 2 atom stereocenters. The van der Waals surface area contributed by atoms with E-state index in [-0.39, 0.29) is 17.8 Å². The maximum absolute atomic E-state index is 12.1. The van der Waals surface area contributed by atoms with E-state index in [9.17, 15) is 9.90 Å². The predicted molar refractivity (Wildman–Crippen MR) is 74.2 cm³/mol. The van der Waals surface area contributed by atoms with Gasteiger partial charge < -0.3 is 10.4 Å². The molecule has 1 fully saturated rings. The number of aliphatic hydroxyl groups is 1. The Kier molecular flexibility index (Phi) is 3.66. The normalized spacial score (nSPS) is 22.9. The maximum atomic E-state index is 12.1. The Morgan fingerprint density at radius 2 is 2.25 bits per heavy atom. The highest BCUT2D eigenvalue weighted by molar-refractivity contribution is 9.10. The molecule has 1 saturated carbocycles. The number of nitrogens with one attached hydrogen (secondary N) is 1. The fourth-order valence-corrected chi connectivity index (χ4v) is 2.66. The first-order valence-corrected chi connectivity index (χ1v) is 7.29. The van der Waals surface area contributed by atoms with Crippen molar-refractivity contribution in [1.82, 2.24) is 24.9 Å². The van der Waals surface area contributed by atoms with Crippen LogP contribution in [0.4, 0.5) is 0 Å². The van der Waals surface area contributed by atoms with E-state index in [1.165, 1.54) is 4.52 Å². The number of hydrogen-bond donors (Lipinski definition) is 2. The zero-order chi connectivity index (χ0) is 14.1. The lowest BCUT2D eigenvalue weighted by Gasteiger charge is -2.27. The number of hydrogen-bond acceptors (Lipinski definition) is 5. The molecule has 1 aliphatic rings. The molecule has 2 heterocycles. The summed E-state index contributed by atoms with van der Waals surface area (Å²) in [5.41, 5.74) is 0. The zero-order valence-corrected chi connectivity index (χ0v) is 12.2. The van der Waals surface area contributed by atoms with E-state index < -0.39 is 6.10 Å². The van der Waals surface area contributed by atoms with Crippen LogP contribution < -0.4 is 5.32 Å². The minimum Gasteiger partial charge on any atom is -0.391 e. The van der Waals surface area contributed by atoms with Gasteiger partial charge in [-0.1, -0.05) is 12.8 Å². The number of fused-ring (bicyclic) bond motifs is 1. The summed E-state index contributed by atoms with van der Waals surface area (Å²) in [4.78, 5) is 20.2. The fourth-order valence-electron chi connectivity index (χ4n) is 2.37. The Morgan fingerprint density at radius 3 is 3.05 bits per heavy atom. The van der Waals surface area contributed by atoms with Gasteiger partial charge in [-0.15, -0.1) is 5.10 Å². The summed E-state index contributed by atoms with van der Waals surface area (Å²) in [5, 5.41) is 16.7. The van der Waals surface area contributed by atoms with Gasteiger partial charge >= 0.3 is 0 Å². The molecule has 0 aromatic carbocycles. The molecular formula is C12H14BrN5O2. The minimum absolute atomic E-state index is 0.0633. The average Bonchev–Trinajstić information content (AvgIpc) is 2.84. The van der Waals surface area contributed by atoms with Crippen molar-refractivity contribution >= 4 is 27.6 Å². The second-order valence-corrected chi connectivity index (χ2v) is 5.80. The van der Waals surface area contributed by atoms with E-state index in [4.69, 9.17) is 0 Å². The molecule has 1 aliphatic carbocycles. The van der Waals surface area contributed by atoms with Crippen LogP contribution in [-0.4, -0.2) is 42.7 Å². The van der Waals surface area contributed by atoms with Crippen molar-refractivity contribution in [2.45, 2.75) is 37.8 Å². The Balaban J connectivity index is 1.78. The molecule has 1 amide bonds. The zero-order valence-electron chi connectivity index (χ0n) is 10.7. The quantitative estimate of drug-likeness (QED) is 0.848. The number of halogens is 1. The third-order valence-corrected chi connectivity index (χ3v) is 3.82. The molecule has 0 radical (unpaired) electrons. The number of carbonyl (C=O) groups excluding carboxylic acids is 1. The molecule has 0 saturated heterocycles. The Bertz CT molecular complexity index is 644. The Morgan fingerprint density at radius 1 is 1.45 bits per heavy atom. The van der Waals surface area contributed by atoms with Crippen molar-refractivity contribution in [1.29, 1.82) is 0 Å². The molecule has 0 aliphatic heterocycles. The van der Waals surface area contributed by atoms with Crippen LogP contribution in [0.3, 0.4) is 0 Å². The summed E-state index contributed by atoms with van der Waals surface area (Å²) >= 11 is 3.28. The summed E-state index contributed by atoms with van der Waals surface area (Å²) in [6, 6.07) is -0.220. The molecule has 2 aromatic rings. The van der Waals surface area contributed by atoms with E-state index in [2.05, 4.69) is 36.3 Å². The molecule has 106 valence electrons. The SMILES string of the molecule is O=C(NC1CCCCC1O)c1nc2ncc(Br)cn2n1. The molecule has 20 heavy (non-hydrogen) atoms. The topological polar surface area (TPSA) is 92.4 Å². The lowest BCUT2D eigenvalue weighted by Crippen LogP contribution is -2.45. The van der Waals surface area contributed by atoms with Crippen molar-refractivity contribution in [2.24, 2.45) is 0 Å². The van der Waals surface area contributed by atoms with Crippen LogP contribution in [0.25, 0.3) is 5.78 Å². The van der Waals surface area contributed by atoms with E-state index in [0.717, 1.165) is 30.2 Å². The maximum Gasteiger partial charge on any atom is 0.291 e. The van der Waals surface area contributed by atoms with Gasteiger partial charge in [-0.2, -0.15) is 4.98 Å². The fraction of sp³-hybridized carbons (Fsp3) is 0.500. The van der Waals surface area contributed by atoms with Crippen molar-refractivity contribution < 1.29 is 9.90 Å². The number of rotatable bonds is 2. The standard InChI is InChI=1S/C12H14BrN5O2/c13-7-5-14-12-16-10(17-18(12)6-7)11(20)15-8-3-1-2-4-9(8)19/h5-6,8-9,19H,1-4H2,(H,15,20). The first kappa shape index (κ1) is 13.4. The van der Waals surface area contributed by atoms with Crippen LogP contribution in [0.1, 0.15) is 36.3 Å². The van der Waals surface area contributed by atoms with Crippen LogP contribution in [0.2, 0.25) is 0 Å². The lowest BCUT2D eigenvalue weighted by atomic mass is 9.92. The molecule has 8 heteroatoms. The van der Waals surface area contributed by atoms with Crippen molar-refractivity contribution in [2.75, 3.05) is 0 Å². The van der Waals surface area contributed by atoms with Crippen molar-refractivity contribution in [3.63, 3.8) is 0 Å². The molecule has 2 unspecified atom stereocenters. The Hall–Kier alpha value is -1.54. The van der Waals surface area contributed by atoms with Crippen molar-refractivity contribution in [3.05, 3.63) is 22.7 Å². The van der Waals surface area contributed by atoms with Gasteiger partial charge in [0.1, 0.15) is 0 Å². The van der Waals surface area contributed by atoms with E-state index >= 15 is 0 Å². The second-order valence-electron chi connectivity index (χ2n) is 4.88. The van der Waals surface area contributed by atoms with Gasteiger partial charge in [0.15, 0.2) is 0 Å². The van der Waals surface area contributed by atoms with Gasteiger partial charge in [0.05, 0.1) is 16.6 Å². The second kappa shape index (κ2) is 5.45. The van der Waals surface area contributed by atoms with Gasteiger partial charge in [-0.05, 0) is 28.8 Å². The largest absolute Gasteiger partial charge is 0.391 e. The van der Waals surface area contributed by atoms with E-state index in [1.54, 1.807) is 12.4 Å². The summed E-state index contributed by atoms with van der Waals surface area (Å²) in [6.07, 6.45) is 6.30. The third-order valence-electron chi connectivity index (χ3n) is 3.41. The third kappa shape index (κ3) is 2.66. The summed E-state index contributed by atoms with van der Waals surface area (Å²) in [6.45, 7) is 0. The number of carbonyl (C=O) groups is 1. The van der Waals surface area contributed by atoms with Gasteiger partial charge in [0.25, 0.3) is 11.7 Å². The van der Waals surface area contributed by atoms with E-state index in [0.29, 0.717) is 5.78 Å². The average molecular weight is 340 g/mol. The highest BCUT2D eigenvalue weighted by Crippen LogP contribution is 2.18. The van der Waals surface area contributed by atoms with Gasteiger partial charge in [0.2, 0.25) is 5.82 Å². The Labute approximate surface area is 123 Å². The van der Waals surface area contributed by atoms with E-state index in [1.807, 2.05) is 0 Å². The summed E-state index contributed by atoms with van der Waals surface area (Å²) < 4.78 is 2.19. The summed E-state index contributed by atoms with van der Waals surface area (Å²) in [5.74, 6) is 0.0495. The molecule has 2 N–H and O–H groups in total. The van der Waals surface area contributed by atoms with Crippen LogP contribution in [-0.2, 0) is 0 Å². The minimum atomic E-state index is -0.489. The summed E-state index contributed by atoms with van der Waals surface area (Å²) in [7, 11) is 0. The number of aliphatic hydroxyl groups excluding tert-OH is 1. The molecule has 7 nitrogen and oxygen atoms in total. The molecule has 0 spiro atoms. The highest BCUT2D eigenvalue weighted by Gasteiger charge is 2.26. The van der Waals surface area contributed by atoms with Crippen LogP contribution >= 0.6 is 15.9 Å². The number of nitrogens with zero attached hydrogens (tertiary/aromatic N) is 4. The predicted octanol–water partition coefficient (Wildman–Crippen LogP) is 0.920. The number of aromatic nitrogens is 4. The van der Waals surface area contributed by atoms with Gasteiger partial charge in [-0.3, -0.25) is 4.79 Å². The van der Waals surface area contributed by atoms with Crippen LogP contribution in [0, 0.1) is 0 Å². The smallest absolute Gasteiger partial charge is 0.291 e. The van der Waals surface area contributed by atoms with Crippen molar-refractivity contribution in [3.8, 4) is 0 Å². The molecule has 2 aromatic heterocycles. The first-order chi connectivity index (χ1) is 9.63. The van der Waals surface area contributed by atoms with Crippen LogP contribution in [0.5, 0.6) is 0 Å².